The first-order chi connectivity index (χ1) is 11.1. The van der Waals surface area contributed by atoms with Crippen LogP contribution < -0.4 is 10.6 Å². The fraction of sp³-hybridized carbons (Fsp3) is 0.350. The molecule has 1 amide bonds. The van der Waals surface area contributed by atoms with Crippen LogP contribution in [-0.4, -0.2) is 19.0 Å². The van der Waals surface area contributed by atoms with Gasteiger partial charge in [-0.1, -0.05) is 55.0 Å². The Morgan fingerprint density at radius 1 is 1.17 bits per heavy atom. The number of rotatable bonds is 5. The highest BCUT2D eigenvalue weighted by molar-refractivity contribution is 5.85. The Labute approximate surface area is 150 Å². The first-order valence-electron chi connectivity index (χ1n) is 8.28. The van der Waals surface area contributed by atoms with Gasteiger partial charge >= 0.3 is 0 Å². The van der Waals surface area contributed by atoms with Gasteiger partial charge in [-0.25, -0.2) is 0 Å². The molecule has 3 nitrogen and oxygen atoms in total. The predicted octanol–water partition coefficient (Wildman–Crippen LogP) is 3.56. The average Bonchev–Trinajstić information content (AvgIpc) is 2.51. The summed E-state index contributed by atoms with van der Waals surface area (Å²) in [6, 6.07) is 16.9. The van der Waals surface area contributed by atoms with Crippen molar-refractivity contribution in [3.63, 3.8) is 0 Å². The zero-order valence-corrected chi connectivity index (χ0v) is 15.0. The van der Waals surface area contributed by atoms with Gasteiger partial charge in [-0.15, -0.1) is 12.4 Å². The minimum atomic E-state index is 0. The fourth-order valence-corrected chi connectivity index (χ4v) is 2.91. The summed E-state index contributed by atoms with van der Waals surface area (Å²) < 4.78 is 0. The molecule has 1 heterocycles. The Morgan fingerprint density at radius 3 is 2.46 bits per heavy atom. The molecule has 1 atom stereocenters. The van der Waals surface area contributed by atoms with E-state index >= 15 is 0 Å². The monoisotopic (exact) mass is 344 g/mol. The molecule has 128 valence electrons. The maximum Gasteiger partial charge on any atom is 0.223 e. The molecule has 0 radical (unpaired) electrons. The second-order valence-corrected chi connectivity index (χ2v) is 6.49. The van der Waals surface area contributed by atoms with Gasteiger partial charge in [-0.2, -0.15) is 0 Å². The van der Waals surface area contributed by atoms with Crippen LogP contribution >= 0.6 is 12.4 Å². The maximum atomic E-state index is 12.2. The molecule has 0 spiro atoms. The van der Waals surface area contributed by atoms with Gasteiger partial charge in [-0.3, -0.25) is 4.79 Å². The Hall–Kier alpha value is -1.84. The number of aryl methyl sites for hydroxylation is 1. The highest BCUT2D eigenvalue weighted by Crippen LogP contribution is 2.22. The van der Waals surface area contributed by atoms with Crippen LogP contribution in [0.25, 0.3) is 11.1 Å². The van der Waals surface area contributed by atoms with E-state index in [9.17, 15) is 4.79 Å². The lowest BCUT2D eigenvalue weighted by molar-refractivity contribution is -0.126. The van der Waals surface area contributed by atoms with E-state index in [2.05, 4.69) is 66.1 Å². The summed E-state index contributed by atoms with van der Waals surface area (Å²) >= 11 is 0. The van der Waals surface area contributed by atoms with Crippen LogP contribution in [0.2, 0.25) is 0 Å². The maximum absolute atomic E-state index is 12.2. The van der Waals surface area contributed by atoms with Gasteiger partial charge in [0, 0.05) is 12.5 Å². The summed E-state index contributed by atoms with van der Waals surface area (Å²) in [5.41, 5.74) is 4.80. The van der Waals surface area contributed by atoms with E-state index in [4.69, 9.17) is 0 Å². The first-order valence-corrected chi connectivity index (χ1v) is 8.28. The molecule has 1 saturated heterocycles. The quantitative estimate of drug-likeness (QED) is 0.870. The SMILES string of the molecule is Cc1cccc(-c2cccc(CNC(=O)C(C)C3CNC3)c2)c1.Cl. The topological polar surface area (TPSA) is 41.1 Å². The van der Waals surface area contributed by atoms with Gasteiger partial charge in [0.1, 0.15) is 0 Å². The van der Waals surface area contributed by atoms with Crippen LogP contribution in [0.1, 0.15) is 18.1 Å². The van der Waals surface area contributed by atoms with E-state index in [1.165, 1.54) is 16.7 Å². The molecule has 3 rings (SSSR count). The number of amides is 1. The molecule has 2 aromatic rings. The number of nitrogens with one attached hydrogen (secondary N) is 2. The lowest BCUT2D eigenvalue weighted by Crippen LogP contribution is -2.49. The molecule has 4 heteroatoms. The number of carbonyl (C=O) groups excluding carboxylic acids is 1. The van der Waals surface area contributed by atoms with Crippen molar-refractivity contribution < 1.29 is 4.79 Å². The molecule has 2 aromatic carbocycles. The molecule has 24 heavy (non-hydrogen) atoms. The molecular weight excluding hydrogens is 320 g/mol. The largest absolute Gasteiger partial charge is 0.352 e. The van der Waals surface area contributed by atoms with Crippen molar-refractivity contribution in [2.45, 2.75) is 20.4 Å². The van der Waals surface area contributed by atoms with Crippen LogP contribution in [-0.2, 0) is 11.3 Å². The number of hydrogen-bond donors (Lipinski definition) is 2. The normalized spacial score (nSPS) is 15.1. The van der Waals surface area contributed by atoms with Gasteiger partial charge in [0.25, 0.3) is 0 Å². The third kappa shape index (κ3) is 4.37. The second-order valence-electron chi connectivity index (χ2n) is 6.49. The highest BCUT2D eigenvalue weighted by Gasteiger charge is 2.28. The van der Waals surface area contributed by atoms with Crippen LogP contribution in [0, 0.1) is 18.8 Å². The fourth-order valence-electron chi connectivity index (χ4n) is 2.91. The molecule has 0 aromatic heterocycles. The van der Waals surface area contributed by atoms with Crippen molar-refractivity contribution in [2.75, 3.05) is 13.1 Å². The van der Waals surface area contributed by atoms with Crippen LogP contribution in [0.5, 0.6) is 0 Å². The third-order valence-corrected chi connectivity index (χ3v) is 4.68. The summed E-state index contributed by atoms with van der Waals surface area (Å²) in [5, 5.41) is 6.29. The lowest BCUT2D eigenvalue weighted by atomic mass is 9.88. The molecule has 1 aliphatic rings. The molecule has 2 N–H and O–H groups in total. The van der Waals surface area contributed by atoms with Crippen molar-refractivity contribution in [1.82, 2.24) is 10.6 Å². The number of halogens is 1. The second kappa shape index (κ2) is 8.32. The van der Waals surface area contributed by atoms with Gasteiger partial charge in [-0.05, 0) is 48.7 Å². The Bertz CT molecular complexity index is 698. The lowest BCUT2D eigenvalue weighted by Gasteiger charge is -2.31. The Kier molecular flexibility index (Phi) is 6.41. The number of hydrogen-bond acceptors (Lipinski definition) is 2. The average molecular weight is 345 g/mol. The molecule has 1 fully saturated rings. The molecule has 1 aliphatic heterocycles. The van der Waals surface area contributed by atoms with Gasteiger partial charge in [0.2, 0.25) is 5.91 Å². The smallest absolute Gasteiger partial charge is 0.223 e. The van der Waals surface area contributed by atoms with Gasteiger partial charge in [0.05, 0.1) is 0 Å². The van der Waals surface area contributed by atoms with Gasteiger partial charge < -0.3 is 10.6 Å². The minimum absolute atomic E-state index is 0. The van der Waals surface area contributed by atoms with Crippen molar-refractivity contribution in [1.29, 1.82) is 0 Å². The standard InChI is InChI=1S/C20H24N2O.ClH/c1-14-5-3-7-17(9-14)18-8-4-6-16(10-18)11-22-20(23)15(2)19-12-21-13-19;/h3-10,15,19,21H,11-13H2,1-2H3,(H,22,23);1H. The molecule has 1 unspecified atom stereocenters. The predicted molar refractivity (Wildman–Crippen MR) is 101 cm³/mol. The van der Waals surface area contributed by atoms with E-state index < -0.39 is 0 Å². The number of carbonyl (C=O) groups is 1. The summed E-state index contributed by atoms with van der Waals surface area (Å²) in [6.45, 7) is 6.62. The first kappa shape index (κ1) is 18.5. The molecule has 0 saturated carbocycles. The van der Waals surface area contributed by atoms with Crippen molar-refractivity contribution in [3.8, 4) is 11.1 Å². The summed E-state index contributed by atoms with van der Waals surface area (Å²) in [5.74, 6) is 0.710. The van der Waals surface area contributed by atoms with Crippen molar-refractivity contribution in [2.24, 2.45) is 11.8 Å². The van der Waals surface area contributed by atoms with Crippen LogP contribution in [0.4, 0.5) is 0 Å². The van der Waals surface area contributed by atoms with E-state index in [1.807, 2.05) is 6.92 Å². The molecule has 0 aliphatic carbocycles. The third-order valence-electron chi connectivity index (χ3n) is 4.68. The summed E-state index contributed by atoms with van der Waals surface area (Å²) in [6.07, 6.45) is 0. The van der Waals surface area contributed by atoms with Crippen LogP contribution in [0.3, 0.4) is 0 Å². The zero-order valence-electron chi connectivity index (χ0n) is 14.2. The van der Waals surface area contributed by atoms with E-state index in [-0.39, 0.29) is 24.2 Å². The van der Waals surface area contributed by atoms with E-state index in [0.29, 0.717) is 12.5 Å². The Morgan fingerprint density at radius 2 is 1.83 bits per heavy atom. The highest BCUT2D eigenvalue weighted by atomic mass is 35.5. The van der Waals surface area contributed by atoms with Crippen LogP contribution in [0.15, 0.2) is 48.5 Å². The van der Waals surface area contributed by atoms with E-state index in [0.717, 1.165) is 18.7 Å². The molecule has 0 bridgehead atoms. The van der Waals surface area contributed by atoms with Gasteiger partial charge in [0.15, 0.2) is 0 Å². The Balaban J connectivity index is 0.00000208. The minimum Gasteiger partial charge on any atom is -0.352 e. The van der Waals surface area contributed by atoms with E-state index in [1.54, 1.807) is 0 Å². The summed E-state index contributed by atoms with van der Waals surface area (Å²) in [4.78, 5) is 12.2. The van der Waals surface area contributed by atoms with Crippen molar-refractivity contribution >= 4 is 18.3 Å². The van der Waals surface area contributed by atoms with Crippen molar-refractivity contribution in [3.05, 3.63) is 59.7 Å². The zero-order chi connectivity index (χ0) is 16.2. The number of benzene rings is 2. The molecular formula is C20H25ClN2O. The summed E-state index contributed by atoms with van der Waals surface area (Å²) in [7, 11) is 0.